The fraction of sp³-hybridized carbons (Fsp3) is 0.393. The molecule has 1 fully saturated rings. The highest BCUT2D eigenvalue weighted by atomic mass is 35.5. The number of rotatable bonds is 11. The number of morpholine rings is 1. The first kappa shape index (κ1) is 33.9. The summed E-state index contributed by atoms with van der Waals surface area (Å²) in [5.74, 6) is 2.49. The van der Waals surface area contributed by atoms with Crippen molar-refractivity contribution in [1.29, 1.82) is 0 Å². The maximum Gasteiger partial charge on any atom is 0.153 e. The molecule has 9 nitrogen and oxygen atoms in total. The van der Waals surface area contributed by atoms with E-state index in [4.69, 9.17) is 25.7 Å². The molecule has 1 aliphatic heterocycles. The van der Waals surface area contributed by atoms with Crippen molar-refractivity contribution in [3.8, 4) is 11.5 Å². The van der Waals surface area contributed by atoms with Gasteiger partial charge in [-0.05, 0) is 61.4 Å². The minimum atomic E-state index is 0. The Labute approximate surface area is 243 Å². The van der Waals surface area contributed by atoms with Crippen molar-refractivity contribution in [3.63, 3.8) is 0 Å². The van der Waals surface area contributed by atoms with Crippen LogP contribution in [0.5, 0.6) is 11.5 Å². The van der Waals surface area contributed by atoms with Crippen LogP contribution in [0, 0.1) is 0 Å². The van der Waals surface area contributed by atoms with Gasteiger partial charge in [-0.2, -0.15) is 5.11 Å². The van der Waals surface area contributed by atoms with Gasteiger partial charge in [0.25, 0.3) is 0 Å². The minimum Gasteiger partial charge on any atom is -0.494 e. The lowest BCUT2D eigenvalue weighted by Crippen LogP contribution is -2.37. The number of hydrogen-bond acceptors (Lipinski definition) is 9. The van der Waals surface area contributed by atoms with Crippen LogP contribution in [0.15, 0.2) is 77.0 Å². The van der Waals surface area contributed by atoms with Gasteiger partial charge in [0.05, 0.1) is 32.1 Å². The summed E-state index contributed by atoms with van der Waals surface area (Å²) >= 11 is 0. The third kappa shape index (κ3) is 13.5. The maximum atomic E-state index is 5.76. The van der Waals surface area contributed by atoms with Gasteiger partial charge in [0.15, 0.2) is 5.82 Å². The summed E-state index contributed by atoms with van der Waals surface area (Å²) in [6.07, 6.45) is 3.30. The predicted octanol–water partition coefficient (Wildman–Crippen LogP) is 6.47. The molecule has 0 aliphatic carbocycles. The number of benzene rings is 2. The van der Waals surface area contributed by atoms with Crippen molar-refractivity contribution in [2.24, 2.45) is 10.2 Å². The third-order valence-electron chi connectivity index (χ3n) is 5.53. The van der Waals surface area contributed by atoms with Gasteiger partial charge in [-0.3, -0.25) is 4.90 Å². The summed E-state index contributed by atoms with van der Waals surface area (Å²) in [4.78, 5) is 6.32. The molecular weight excluding hydrogens is 539 g/mol. The Hall–Kier alpha value is -3.11. The molecule has 214 valence electrons. The van der Waals surface area contributed by atoms with E-state index in [1.165, 1.54) is 0 Å². The van der Waals surface area contributed by atoms with Crippen molar-refractivity contribution in [1.82, 2.24) is 9.88 Å². The van der Waals surface area contributed by atoms with Crippen molar-refractivity contribution >= 4 is 47.8 Å². The molecule has 0 bridgehead atoms. The molecule has 1 saturated heterocycles. The Kier molecular flexibility index (Phi) is 17.3. The topological polar surface area (TPSA) is 121 Å². The fourth-order valence-corrected chi connectivity index (χ4v) is 3.44. The first-order valence-corrected chi connectivity index (χ1v) is 12.8. The van der Waals surface area contributed by atoms with E-state index < -0.39 is 0 Å². The van der Waals surface area contributed by atoms with E-state index in [-0.39, 0.29) is 30.6 Å². The number of nitrogen functional groups attached to an aromatic ring is 2. The van der Waals surface area contributed by atoms with Crippen LogP contribution in [0.3, 0.4) is 0 Å². The number of aromatic nitrogens is 1. The smallest absolute Gasteiger partial charge is 0.153 e. The van der Waals surface area contributed by atoms with E-state index in [0.29, 0.717) is 11.5 Å². The van der Waals surface area contributed by atoms with Crippen LogP contribution in [-0.4, -0.2) is 55.9 Å². The molecule has 0 atom stereocenters. The molecule has 0 amide bonds. The van der Waals surface area contributed by atoms with Crippen LogP contribution in [0.4, 0.5) is 23.0 Å². The summed E-state index contributed by atoms with van der Waals surface area (Å²) in [5.41, 5.74) is 12.4. The van der Waals surface area contributed by atoms with Crippen molar-refractivity contribution < 1.29 is 14.2 Å². The van der Waals surface area contributed by atoms with Crippen molar-refractivity contribution in [2.75, 3.05) is 57.5 Å². The van der Waals surface area contributed by atoms with Gasteiger partial charge >= 0.3 is 0 Å². The van der Waals surface area contributed by atoms with Crippen LogP contribution >= 0.6 is 24.8 Å². The first-order valence-electron chi connectivity index (χ1n) is 12.8. The second kappa shape index (κ2) is 19.9. The highest BCUT2D eigenvalue weighted by Gasteiger charge is 2.09. The maximum absolute atomic E-state index is 5.76. The standard InChI is InChI=1S/C17H27NO3.C11H11N5.2ClH/c1-2-3-12-20-16-5-7-17(8-6-16)21-13-4-9-18-10-14-19-15-11-18;12-10-7-6-9(11(13)14-10)16-15-8-4-2-1-3-5-8;;/h5-8H,2-4,9-15H2,1H3;1-7H,(H4,12,13,14);2*1H. The number of unbranched alkanes of at least 4 members (excludes halogenated alkanes) is 1. The third-order valence-corrected chi connectivity index (χ3v) is 5.53. The summed E-state index contributed by atoms with van der Waals surface area (Å²) in [6, 6.07) is 20.6. The SMILES string of the molecule is CCCCOc1ccc(OCCCN2CCOCC2)cc1.Cl.Cl.Nc1ccc(N=Nc2ccccc2)c(N)n1. The number of halogens is 2. The Bertz CT molecular complexity index is 1070. The molecule has 1 aromatic heterocycles. The van der Waals surface area contributed by atoms with Crippen molar-refractivity contribution in [2.45, 2.75) is 26.2 Å². The molecule has 3 aromatic rings. The van der Waals surface area contributed by atoms with Crippen LogP contribution in [-0.2, 0) is 4.74 Å². The van der Waals surface area contributed by atoms with Crippen LogP contribution < -0.4 is 20.9 Å². The zero-order valence-corrected chi connectivity index (χ0v) is 24.0. The van der Waals surface area contributed by atoms with Gasteiger partial charge in [-0.15, -0.1) is 29.9 Å². The molecule has 39 heavy (non-hydrogen) atoms. The molecule has 0 radical (unpaired) electrons. The van der Waals surface area contributed by atoms with Crippen LogP contribution in [0.1, 0.15) is 26.2 Å². The molecule has 0 spiro atoms. The quantitative estimate of drug-likeness (QED) is 0.197. The highest BCUT2D eigenvalue weighted by Crippen LogP contribution is 2.23. The fourth-order valence-electron chi connectivity index (χ4n) is 3.44. The lowest BCUT2D eigenvalue weighted by atomic mass is 10.3. The Morgan fingerprint density at radius 2 is 1.44 bits per heavy atom. The lowest BCUT2D eigenvalue weighted by Gasteiger charge is -2.26. The van der Waals surface area contributed by atoms with Gasteiger partial charge in [-0.25, -0.2) is 4.98 Å². The van der Waals surface area contributed by atoms with Gasteiger partial charge in [-0.1, -0.05) is 31.5 Å². The number of nitrogens with zero attached hydrogens (tertiary/aromatic N) is 4. The molecule has 0 saturated carbocycles. The van der Waals surface area contributed by atoms with Gasteiger partial charge in [0.2, 0.25) is 0 Å². The van der Waals surface area contributed by atoms with E-state index in [1.54, 1.807) is 12.1 Å². The molecular formula is C28H40Cl2N6O3. The monoisotopic (exact) mass is 578 g/mol. The molecule has 2 heterocycles. The molecule has 0 unspecified atom stereocenters. The second-order valence-electron chi connectivity index (χ2n) is 8.51. The van der Waals surface area contributed by atoms with Crippen LogP contribution in [0.2, 0.25) is 0 Å². The average Bonchev–Trinajstić information content (AvgIpc) is 2.93. The van der Waals surface area contributed by atoms with Gasteiger partial charge in [0, 0.05) is 19.6 Å². The van der Waals surface area contributed by atoms with E-state index in [0.717, 1.165) is 82.5 Å². The molecule has 11 heteroatoms. The number of ether oxygens (including phenoxy) is 3. The average molecular weight is 580 g/mol. The molecule has 4 rings (SSSR count). The number of hydrogen-bond donors (Lipinski definition) is 2. The number of nitrogens with two attached hydrogens (primary N) is 2. The van der Waals surface area contributed by atoms with Crippen LogP contribution in [0.25, 0.3) is 0 Å². The van der Waals surface area contributed by atoms with E-state index in [9.17, 15) is 0 Å². The Morgan fingerprint density at radius 1 is 0.821 bits per heavy atom. The van der Waals surface area contributed by atoms with E-state index >= 15 is 0 Å². The van der Waals surface area contributed by atoms with Gasteiger partial charge in [0.1, 0.15) is 23.0 Å². The largest absolute Gasteiger partial charge is 0.494 e. The van der Waals surface area contributed by atoms with Gasteiger partial charge < -0.3 is 25.7 Å². The minimum absolute atomic E-state index is 0. The number of anilines is 2. The molecule has 1 aliphatic rings. The second-order valence-corrected chi connectivity index (χ2v) is 8.51. The summed E-state index contributed by atoms with van der Waals surface area (Å²) in [6.45, 7) is 8.61. The highest BCUT2D eigenvalue weighted by molar-refractivity contribution is 5.85. The number of pyridine rings is 1. The summed E-state index contributed by atoms with van der Waals surface area (Å²) in [7, 11) is 0. The normalized spacial score (nSPS) is 12.9. The first-order chi connectivity index (χ1) is 18.1. The zero-order chi connectivity index (χ0) is 26.1. The number of azo groups is 1. The van der Waals surface area contributed by atoms with Crippen molar-refractivity contribution in [3.05, 3.63) is 66.7 Å². The summed E-state index contributed by atoms with van der Waals surface area (Å²) < 4.78 is 16.7. The lowest BCUT2D eigenvalue weighted by molar-refractivity contribution is 0.0358. The van der Waals surface area contributed by atoms with E-state index in [2.05, 4.69) is 27.0 Å². The predicted molar refractivity (Wildman–Crippen MR) is 162 cm³/mol. The summed E-state index contributed by atoms with van der Waals surface area (Å²) in [5, 5.41) is 8.03. The van der Waals surface area contributed by atoms with E-state index in [1.807, 2.05) is 54.6 Å². The Morgan fingerprint density at radius 3 is 2.03 bits per heavy atom. The zero-order valence-electron chi connectivity index (χ0n) is 22.4. The Balaban J connectivity index is 0.000000382. The molecule has 4 N–H and O–H groups in total. The molecule has 2 aromatic carbocycles.